The van der Waals surface area contributed by atoms with Crippen LogP contribution >= 0.6 is 11.3 Å². The largest absolute Gasteiger partial charge is 0.395 e. The first-order valence-electron chi connectivity index (χ1n) is 11.2. The number of hydrogen-bond donors (Lipinski definition) is 1. The molecule has 2 heterocycles. The minimum atomic E-state index is 0.00753. The molecule has 4 rings (SSSR count). The van der Waals surface area contributed by atoms with E-state index < -0.39 is 0 Å². The van der Waals surface area contributed by atoms with Crippen molar-refractivity contribution in [3.63, 3.8) is 0 Å². The molecule has 2 aliphatic carbocycles. The molecular formula is C23H34N4O2S. The number of rotatable bonds is 7. The molecule has 2 aromatic rings. The molecule has 1 N–H and O–H groups in total. The number of carbonyl (C=O) groups excluding carboxylic acids is 1. The van der Waals surface area contributed by atoms with Crippen LogP contribution in [0.3, 0.4) is 0 Å². The van der Waals surface area contributed by atoms with E-state index in [2.05, 4.69) is 24.0 Å². The van der Waals surface area contributed by atoms with Gasteiger partial charge >= 0.3 is 0 Å². The smallest absolute Gasteiger partial charge is 0.223 e. The van der Waals surface area contributed by atoms with E-state index in [1.165, 1.54) is 47.2 Å². The number of aliphatic hydroxyl groups excluding tert-OH is 1. The molecule has 0 saturated heterocycles. The number of aryl methyl sites for hydroxylation is 1. The molecule has 1 saturated carbocycles. The van der Waals surface area contributed by atoms with E-state index in [-0.39, 0.29) is 18.4 Å². The van der Waals surface area contributed by atoms with Gasteiger partial charge in [0.05, 0.1) is 12.3 Å². The third-order valence-corrected chi connectivity index (χ3v) is 8.29. The van der Waals surface area contributed by atoms with Crippen LogP contribution in [-0.2, 0) is 17.6 Å². The Bertz CT molecular complexity index is 889. The number of amides is 1. The Hall–Kier alpha value is -1.57. The summed E-state index contributed by atoms with van der Waals surface area (Å²) in [6, 6.07) is 0.711. The fourth-order valence-corrected chi connectivity index (χ4v) is 6.53. The zero-order valence-electron chi connectivity index (χ0n) is 18.4. The maximum atomic E-state index is 12.6. The van der Waals surface area contributed by atoms with E-state index in [1.54, 1.807) is 29.6 Å². The van der Waals surface area contributed by atoms with Crippen LogP contribution in [0.5, 0.6) is 0 Å². The summed E-state index contributed by atoms with van der Waals surface area (Å²) < 4.78 is 0. The predicted molar refractivity (Wildman–Crippen MR) is 121 cm³/mol. The van der Waals surface area contributed by atoms with Gasteiger partial charge in [-0.15, -0.1) is 11.3 Å². The first-order valence-corrected chi connectivity index (χ1v) is 12.1. The maximum absolute atomic E-state index is 12.6. The minimum absolute atomic E-state index is 0.00753. The summed E-state index contributed by atoms with van der Waals surface area (Å²) in [4.78, 5) is 28.4. The normalized spacial score (nSPS) is 23.8. The first-order chi connectivity index (χ1) is 14.5. The van der Waals surface area contributed by atoms with Crippen molar-refractivity contribution in [3.8, 4) is 0 Å². The summed E-state index contributed by atoms with van der Waals surface area (Å²) in [6.07, 6.45) is 10.4. The molecule has 1 unspecified atom stereocenters. The third-order valence-electron chi connectivity index (χ3n) is 7.12. The molecule has 164 valence electrons. The summed E-state index contributed by atoms with van der Waals surface area (Å²) in [5.41, 5.74) is 2.53. The molecule has 1 atom stereocenters. The molecule has 1 fully saturated rings. The Morgan fingerprint density at radius 1 is 1.17 bits per heavy atom. The van der Waals surface area contributed by atoms with Gasteiger partial charge in [-0.25, -0.2) is 9.97 Å². The van der Waals surface area contributed by atoms with Crippen LogP contribution in [0.2, 0.25) is 0 Å². The average molecular weight is 431 g/mol. The summed E-state index contributed by atoms with van der Waals surface area (Å²) in [5.74, 6) is 1.05. The highest BCUT2D eigenvalue weighted by atomic mass is 32.1. The molecule has 0 aliphatic heterocycles. The topological polar surface area (TPSA) is 69.6 Å². The second-order valence-corrected chi connectivity index (χ2v) is 10.3. The molecule has 0 aromatic carbocycles. The van der Waals surface area contributed by atoms with Crippen LogP contribution in [0.4, 0.5) is 0 Å². The Morgan fingerprint density at radius 3 is 2.63 bits per heavy atom. The lowest BCUT2D eigenvalue weighted by Crippen LogP contribution is -2.32. The van der Waals surface area contributed by atoms with Crippen molar-refractivity contribution in [2.75, 3.05) is 34.3 Å². The lowest BCUT2D eigenvalue weighted by Gasteiger charge is -2.32. The number of carbonyl (C=O) groups is 1. The molecule has 2 aromatic heterocycles. The molecular weight excluding hydrogens is 396 g/mol. The van der Waals surface area contributed by atoms with Crippen molar-refractivity contribution < 1.29 is 9.90 Å². The Morgan fingerprint density at radius 2 is 1.93 bits per heavy atom. The third kappa shape index (κ3) is 4.39. The molecule has 0 spiro atoms. The van der Waals surface area contributed by atoms with Gasteiger partial charge in [-0.1, -0.05) is 0 Å². The summed E-state index contributed by atoms with van der Waals surface area (Å²) in [7, 11) is 6.15. The summed E-state index contributed by atoms with van der Waals surface area (Å²) in [6.45, 7) is 0.403. The van der Waals surface area contributed by atoms with E-state index in [0.29, 0.717) is 24.9 Å². The van der Waals surface area contributed by atoms with Gasteiger partial charge in [-0.3, -0.25) is 4.79 Å². The molecule has 0 bridgehead atoms. The molecule has 1 amide bonds. The maximum Gasteiger partial charge on any atom is 0.223 e. The van der Waals surface area contributed by atoms with Crippen LogP contribution in [0.15, 0.2) is 6.33 Å². The number of nitrogens with zero attached hydrogens (tertiary/aromatic N) is 4. The van der Waals surface area contributed by atoms with Crippen molar-refractivity contribution in [2.45, 2.75) is 63.3 Å². The second-order valence-electron chi connectivity index (χ2n) is 9.26. The van der Waals surface area contributed by atoms with Crippen LogP contribution in [0, 0.1) is 5.92 Å². The predicted octanol–water partition coefficient (Wildman–Crippen LogP) is 3.22. The van der Waals surface area contributed by atoms with Crippen molar-refractivity contribution in [3.05, 3.63) is 22.5 Å². The van der Waals surface area contributed by atoms with Crippen LogP contribution in [0.1, 0.15) is 60.6 Å². The fourth-order valence-electron chi connectivity index (χ4n) is 5.27. The van der Waals surface area contributed by atoms with Crippen molar-refractivity contribution >= 4 is 27.5 Å². The van der Waals surface area contributed by atoms with Crippen LogP contribution in [0.25, 0.3) is 10.2 Å². The minimum Gasteiger partial charge on any atom is -0.395 e. The SMILES string of the molecule is CN(CCO)C(=O)CC1CCc2sc3ncnc(CC4CCC(N(C)C)CC4)c3c21. The Kier molecular flexibility index (Phi) is 6.70. The summed E-state index contributed by atoms with van der Waals surface area (Å²) >= 11 is 1.79. The van der Waals surface area contributed by atoms with Crippen molar-refractivity contribution in [1.82, 2.24) is 19.8 Å². The number of aromatic nitrogens is 2. The fraction of sp³-hybridized carbons (Fsp3) is 0.696. The Labute approximate surface area is 183 Å². The number of aliphatic hydroxyl groups is 1. The highest BCUT2D eigenvalue weighted by Crippen LogP contribution is 2.46. The first kappa shape index (κ1) is 21.7. The number of thiophene rings is 1. The highest BCUT2D eigenvalue weighted by molar-refractivity contribution is 7.18. The van der Waals surface area contributed by atoms with Crippen LogP contribution < -0.4 is 0 Å². The van der Waals surface area contributed by atoms with E-state index in [9.17, 15) is 4.79 Å². The van der Waals surface area contributed by atoms with Gasteiger partial charge in [-0.05, 0) is 76.4 Å². The molecule has 6 nitrogen and oxygen atoms in total. The van der Waals surface area contributed by atoms with Gasteiger partial charge < -0.3 is 14.9 Å². The number of likely N-dealkylation sites (N-methyl/N-ethyl adjacent to an activating group) is 1. The quantitative estimate of drug-likeness (QED) is 0.730. The van der Waals surface area contributed by atoms with Gasteiger partial charge in [0, 0.05) is 36.3 Å². The lowest BCUT2D eigenvalue weighted by atomic mass is 9.82. The molecule has 7 heteroatoms. The molecule has 2 aliphatic rings. The van der Waals surface area contributed by atoms with E-state index in [4.69, 9.17) is 10.1 Å². The van der Waals surface area contributed by atoms with Gasteiger partial charge in [0.1, 0.15) is 11.2 Å². The van der Waals surface area contributed by atoms with Crippen LogP contribution in [-0.4, -0.2) is 71.1 Å². The standard InChI is InChI=1S/C23H34N4O2S/c1-26(2)17-7-4-15(5-8-17)12-18-22-21-16(13-20(29)27(3)10-11-28)6-9-19(21)30-23(22)25-14-24-18/h14-17,28H,4-13H2,1-3H3. The van der Waals surface area contributed by atoms with Gasteiger partial charge in [0.25, 0.3) is 0 Å². The summed E-state index contributed by atoms with van der Waals surface area (Å²) in [5, 5.41) is 10.4. The van der Waals surface area contributed by atoms with E-state index >= 15 is 0 Å². The monoisotopic (exact) mass is 430 g/mol. The van der Waals surface area contributed by atoms with E-state index in [0.717, 1.165) is 24.1 Å². The zero-order chi connectivity index (χ0) is 21.3. The Balaban J connectivity index is 1.54. The van der Waals surface area contributed by atoms with Crippen molar-refractivity contribution in [2.24, 2.45) is 5.92 Å². The zero-order valence-corrected chi connectivity index (χ0v) is 19.2. The van der Waals surface area contributed by atoms with E-state index in [1.807, 2.05) is 0 Å². The van der Waals surface area contributed by atoms with Crippen molar-refractivity contribution in [1.29, 1.82) is 0 Å². The van der Waals surface area contributed by atoms with Gasteiger partial charge in [-0.2, -0.15) is 0 Å². The molecule has 30 heavy (non-hydrogen) atoms. The lowest BCUT2D eigenvalue weighted by molar-refractivity contribution is -0.130. The number of fused-ring (bicyclic) bond motifs is 3. The highest BCUT2D eigenvalue weighted by Gasteiger charge is 2.32. The second kappa shape index (κ2) is 9.28. The molecule has 0 radical (unpaired) electrons. The number of hydrogen-bond acceptors (Lipinski definition) is 6. The average Bonchev–Trinajstić information content (AvgIpc) is 3.28. The van der Waals surface area contributed by atoms with Gasteiger partial charge in [0.2, 0.25) is 5.91 Å². The van der Waals surface area contributed by atoms with Gasteiger partial charge in [0.15, 0.2) is 0 Å².